The van der Waals surface area contributed by atoms with Gasteiger partial charge in [-0.3, -0.25) is 4.79 Å². The zero-order chi connectivity index (χ0) is 15.7. The highest BCUT2D eigenvalue weighted by molar-refractivity contribution is 5.77. The molecule has 3 aliphatic rings. The number of piperidine rings is 1. The Labute approximate surface area is 128 Å². The Morgan fingerprint density at radius 2 is 2.05 bits per heavy atom. The molecule has 0 aromatic carbocycles. The lowest BCUT2D eigenvalue weighted by Crippen LogP contribution is -2.49. The zero-order valence-electron chi connectivity index (χ0n) is 12.9. The number of amides is 3. The van der Waals surface area contributed by atoms with Crippen LogP contribution in [0.1, 0.15) is 12.8 Å². The third-order valence-electron chi connectivity index (χ3n) is 4.38. The van der Waals surface area contributed by atoms with Crippen molar-refractivity contribution in [3.05, 3.63) is 6.33 Å². The molecule has 0 aliphatic carbocycles. The van der Waals surface area contributed by atoms with Gasteiger partial charge >= 0.3 is 6.03 Å². The fraction of sp³-hybridized carbons (Fsp3) is 0.769. The molecule has 9 nitrogen and oxygen atoms in total. The van der Waals surface area contributed by atoms with Crippen molar-refractivity contribution in [1.82, 2.24) is 34.9 Å². The number of aromatic nitrogens is 4. The number of nitrogens with zero attached hydrogens (tertiary/aromatic N) is 7. The van der Waals surface area contributed by atoms with Crippen LogP contribution in [0.2, 0.25) is 0 Å². The number of rotatable bonds is 2. The summed E-state index contributed by atoms with van der Waals surface area (Å²) in [6, 6.07) is 0.110. The molecule has 3 saturated heterocycles. The molecule has 2 bridgehead atoms. The van der Waals surface area contributed by atoms with Crippen molar-refractivity contribution in [2.75, 3.05) is 33.7 Å². The van der Waals surface area contributed by atoms with Crippen LogP contribution < -0.4 is 0 Å². The first kappa shape index (κ1) is 14.7. The average Bonchev–Trinajstić information content (AvgIpc) is 2.83. The van der Waals surface area contributed by atoms with Crippen molar-refractivity contribution in [3.63, 3.8) is 0 Å². The first-order chi connectivity index (χ1) is 10.5. The monoisotopic (exact) mass is 307 g/mol. The quantitative estimate of drug-likeness (QED) is 0.719. The van der Waals surface area contributed by atoms with Crippen LogP contribution in [-0.2, 0) is 11.3 Å². The zero-order valence-corrected chi connectivity index (χ0v) is 12.9. The van der Waals surface area contributed by atoms with Gasteiger partial charge in [0, 0.05) is 39.8 Å². The lowest BCUT2D eigenvalue weighted by atomic mass is 9.95. The molecule has 3 amide bonds. The molecule has 4 rings (SSSR count). The number of urea groups is 1. The molecule has 1 aromatic rings. The van der Waals surface area contributed by atoms with Crippen molar-refractivity contribution >= 4 is 11.9 Å². The molecular formula is C13H21N7O2. The molecule has 3 aliphatic heterocycles. The van der Waals surface area contributed by atoms with E-state index in [1.807, 2.05) is 9.80 Å². The van der Waals surface area contributed by atoms with Gasteiger partial charge in [-0.05, 0) is 29.2 Å². The number of carbonyl (C=O) groups excluding carboxylic acids is 2. The highest BCUT2D eigenvalue weighted by Gasteiger charge is 2.38. The van der Waals surface area contributed by atoms with Crippen LogP contribution in [0, 0.1) is 5.92 Å². The summed E-state index contributed by atoms with van der Waals surface area (Å²) in [5, 5.41) is 10.8. The van der Waals surface area contributed by atoms with Gasteiger partial charge < -0.3 is 14.7 Å². The molecule has 0 N–H and O–H groups in total. The maximum Gasteiger partial charge on any atom is 0.319 e. The molecule has 0 saturated carbocycles. The molecule has 3 fully saturated rings. The molecule has 1 aromatic heterocycles. The second-order valence-electron chi connectivity index (χ2n) is 6.23. The summed E-state index contributed by atoms with van der Waals surface area (Å²) in [5.41, 5.74) is 0. The minimum atomic E-state index is 0.0150. The normalized spacial score (nSPS) is 24.3. The van der Waals surface area contributed by atoms with Crippen molar-refractivity contribution < 1.29 is 9.59 Å². The van der Waals surface area contributed by atoms with E-state index in [1.165, 1.54) is 11.0 Å². The summed E-state index contributed by atoms with van der Waals surface area (Å²) in [4.78, 5) is 30.1. The van der Waals surface area contributed by atoms with Crippen LogP contribution in [0.25, 0.3) is 0 Å². The van der Waals surface area contributed by atoms with E-state index < -0.39 is 0 Å². The third-order valence-corrected chi connectivity index (χ3v) is 4.38. The minimum Gasteiger partial charge on any atom is -0.336 e. The van der Waals surface area contributed by atoms with Crippen molar-refractivity contribution in [3.8, 4) is 0 Å². The van der Waals surface area contributed by atoms with Crippen molar-refractivity contribution in [2.24, 2.45) is 5.92 Å². The van der Waals surface area contributed by atoms with E-state index in [1.54, 1.807) is 19.0 Å². The number of carbonyl (C=O) groups is 2. The second-order valence-corrected chi connectivity index (χ2v) is 6.23. The predicted molar refractivity (Wildman–Crippen MR) is 76.7 cm³/mol. The van der Waals surface area contributed by atoms with Crippen molar-refractivity contribution in [2.45, 2.75) is 25.4 Å². The molecule has 22 heavy (non-hydrogen) atoms. The van der Waals surface area contributed by atoms with E-state index in [0.717, 1.165) is 19.4 Å². The molecular weight excluding hydrogens is 286 g/mol. The SMILES string of the molecule is CN(C)C(=O)N1C[C@@H]2CC[C@H](C1)N(C(=O)Cn1cnnn1)C2. The largest absolute Gasteiger partial charge is 0.336 e. The highest BCUT2D eigenvalue weighted by atomic mass is 16.2. The summed E-state index contributed by atoms with van der Waals surface area (Å²) < 4.78 is 1.43. The van der Waals surface area contributed by atoms with Crippen molar-refractivity contribution in [1.29, 1.82) is 0 Å². The Bertz CT molecular complexity index is 545. The van der Waals surface area contributed by atoms with Crippen LogP contribution in [-0.4, -0.2) is 86.6 Å². The molecule has 4 heterocycles. The minimum absolute atomic E-state index is 0.0150. The first-order valence-electron chi connectivity index (χ1n) is 7.51. The second kappa shape index (κ2) is 5.90. The Hall–Kier alpha value is -2.19. The molecule has 120 valence electrons. The van der Waals surface area contributed by atoms with Gasteiger partial charge in [-0.25, -0.2) is 9.48 Å². The van der Waals surface area contributed by atoms with Gasteiger partial charge in [0.05, 0.1) is 0 Å². The predicted octanol–water partition coefficient (Wildman–Crippen LogP) is -0.722. The van der Waals surface area contributed by atoms with Gasteiger partial charge in [-0.2, -0.15) is 0 Å². The summed E-state index contributed by atoms with van der Waals surface area (Å²) in [6.45, 7) is 2.19. The van der Waals surface area contributed by atoms with Gasteiger partial charge in [0.2, 0.25) is 5.91 Å². The molecule has 0 unspecified atom stereocenters. The summed E-state index contributed by atoms with van der Waals surface area (Å²) in [5.74, 6) is 0.363. The van der Waals surface area contributed by atoms with Gasteiger partial charge in [-0.1, -0.05) is 0 Å². The van der Waals surface area contributed by atoms with Crippen LogP contribution >= 0.6 is 0 Å². The van der Waals surface area contributed by atoms with Crippen LogP contribution in [0.4, 0.5) is 4.79 Å². The Morgan fingerprint density at radius 3 is 2.73 bits per heavy atom. The van der Waals surface area contributed by atoms with Gasteiger partial charge in [0.25, 0.3) is 0 Å². The Kier molecular flexibility index (Phi) is 3.95. The van der Waals surface area contributed by atoms with E-state index in [2.05, 4.69) is 15.5 Å². The standard InChI is InChI=1S/C13H21N7O2/c1-17(2)13(22)18-5-10-3-4-11(7-18)20(6-10)12(21)8-19-9-14-15-16-19/h9-11H,3-8H2,1-2H3/t10-,11+/m0/s1. The summed E-state index contributed by atoms with van der Waals surface area (Å²) >= 11 is 0. The van der Waals surface area contributed by atoms with E-state index in [0.29, 0.717) is 19.0 Å². The highest BCUT2D eigenvalue weighted by Crippen LogP contribution is 2.28. The maximum absolute atomic E-state index is 12.5. The molecule has 9 heteroatoms. The third kappa shape index (κ3) is 2.88. The van der Waals surface area contributed by atoms with Gasteiger partial charge in [0.15, 0.2) is 0 Å². The lowest BCUT2D eigenvalue weighted by Gasteiger charge is -2.36. The maximum atomic E-state index is 12.5. The van der Waals surface area contributed by atoms with Crippen LogP contribution in [0.3, 0.4) is 0 Å². The van der Waals surface area contributed by atoms with E-state index in [9.17, 15) is 9.59 Å². The van der Waals surface area contributed by atoms with Crippen LogP contribution in [0.15, 0.2) is 6.33 Å². The number of hydrogen-bond acceptors (Lipinski definition) is 5. The van der Waals surface area contributed by atoms with E-state index >= 15 is 0 Å². The number of fused-ring (bicyclic) bond motifs is 4. The Balaban J connectivity index is 1.70. The number of tetrazole rings is 1. The van der Waals surface area contributed by atoms with Gasteiger partial charge in [0.1, 0.15) is 12.9 Å². The molecule has 2 atom stereocenters. The first-order valence-corrected chi connectivity index (χ1v) is 7.51. The Morgan fingerprint density at radius 1 is 1.23 bits per heavy atom. The average molecular weight is 307 g/mol. The molecule has 0 spiro atoms. The van der Waals surface area contributed by atoms with Crippen LogP contribution in [0.5, 0.6) is 0 Å². The topological polar surface area (TPSA) is 87.5 Å². The van der Waals surface area contributed by atoms with Gasteiger partial charge in [-0.15, -0.1) is 5.10 Å². The lowest BCUT2D eigenvalue weighted by molar-refractivity contribution is -0.136. The number of hydrogen-bond donors (Lipinski definition) is 0. The summed E-state index contributed by atoms with van der Waals surface area (Å²) in [6.07, 6.45) is 3.45. The molecule has 0 radical (unpaired) electrons. The summed E-state index contributed by atoms with van der Waals surface area (Å²) in [7, 11) is 3.52. The fourth-order valence-corrected chi connectivity index (χ4v) is 3.31. The van der Waals surface area contributed by atoms with E-state index in [-0.39, 0.29) is 24.5 Å². The smallest absolute Gasteiger partial charge is 0.319 e. The fourth-order valence-electron chi connectivity index (χ4n) is 3.31. The van der Waals surface area contributed by atoms with E-state index in [4.69, 9.17) is 0 Å².